The second-order valence-electron chi connectivity index (χ2n) is 5.88. The molecule has 5 nitrogen and oxygen atoms in total. The van der Waals surface area contributed by atoms with Crippen LogP contribution in [-0.2, 0) is 10.2 Å². The lowest BCUT2D eigenvalue weighted by molar-refractivity contribution is 0.0522. The highest BCUT2D eigenvalue weighted by Gasteiger charge is 2.32. The molecule has 0 aliphatic carbocycles. The molecule has 1 heterocycles. The molecule has 0 aliphatic heterocycles. The lowest BCUT2D eigenvalue weighted by atomic mass is 9.83. The molecule has 2 rings (SSSR count). The van der Waals surface area contributed by atoms with E-state index >= 15 is 0 Å². The van der Waals surface area contributed by atoms with Crippen molar-refractivity contribution in [2.45, 2.75) is 32.6 Å². The summed E-state index contributed by atoms with van der Waals surface area (Å²) in [5.41, 5.74) is 0.895. The predicted octanol–water partition coefficient (Wildman–Crippen LogP) is 2.85. The summed E-state index contributed by atoms with van der Waals surface area (Å²) < 4.78 is 20.2. The largest absolute Gasteiger partial charge is 0.462 e. The molecular weight excluding hydrogens is 299 g/mol. The molecule has 0 spiro atoms. The van der Waals surface area contributed by atoms with E-state index in [0.717, 1.165) is 0 Å². The molecule has 0 amide bonds. The average Bonchev–Trinajstić information content (AvgIpc) is 2.93. The fourth-order valence-electron chi connectivity index (χ4n) is 2.56. The van der Waals surface area contributed by atoms with Crippen LogP contribution in [0.3, 0.4) is 0 Å². The number of rotatable bonds is 6. The van der Waals surface area contributed by atoms with Crippen LogP contribution in [0.4, 0.5) is 4.39 Å². The lowest BCUT2D eigenvalue weighted by Gasteiger charge is -2.26. The van der Waals surface area contributed by atoms with Crippen LogP contribution in [0, 0.1) is 5.82 Å². The Kier molecular flexibility index (Phi) is 5.15. The normalized spacial score (nSPS) is 11.5. The SMILES string of the molecule is CCOC(=O)c1cnn(-c2cccc(F)c2)c1C(C)(C)CCO. The fourth-order valence-corrected chi connectivity index (χ4v) is 2.56. The summed E-state index contributed by atoms with van der Waals surface area (Å²) in [5, 5.41) is 13.6. The molecule has 1 aromatic carbocycles. The summed E-state index contributed by atoms with van der Waals surface area (Å²) in [6, 6.07) is 5.99. The van der Waals surface area contributed by atoms with E-state index in [2.05, 4.69) is 5.10 Å². The molecule has 1 aromatic heterocycles. The Labute approximate surface area is 134 Å². The third-order valence-electron chi connectivity index (χ3n) is 3.70. The number of halogens is 1. The van der Waals surface area contributed by atoms with Gasteiger partial charge in [-0.15, -0.1) is 0 Å². The van der Waals surface area contributed by atoms with Gasteiger partial charge in [-0.05, 0) is 31.5 Å². The molecule has 0 radical (unpaired) electrons. The third kappa shape index (κ3) is 3.59. The predicted molar refractivity (Wildman–Crippen MR) is 84.2 cm³/mol. The highest BCUT2D eigenvalue weighted by Crippen LogP contribution is 2.32. The molecular formula is C17H21FN2O3. The van der Waals surface area contributed by atoms with Crippen molar-refractivity contribution < 1.29 is 19.0 Å². The van der Waals surface area contributed by atoms with Crippen LogP contribution >= 0.6 is 0 Å². The Balaban J connectivity index is 2.61. The molecule has 0 aliphatic rings. The monoisotopic (exact) mass is 320 g/mol. The molecule has 6 heteroatoms. The van der Waals surface area contributed by atoms with Crippen molar-refractivity contribution in [2.75, 3.05) is 13.2 Å². The van der Waals surface area contributed by atoms with Gasteiger partial charge in [0.15, 0.2) is 0 Å². The van der Waals surface area contributed by atoms with Crippen molar-refractivity contribution in [1.29, 1.82) is 0 Å². The van der Waals surface area contributed by atoms with Crippen LogP contribution in [0.25, 0.3) is 5.69 Å². The molecule has 0 saturated carbocycles. The first-order valence-electron chi connectivity index (χ1n) is 7.53. The number of aliphatic hydroxyl groups is 1. The molecule has 124 valence electrons. The molecule has 0 bridgehead atoms. The van der Waals surface area contributed by atoms with Crippen LogP contribution in [0.2, 0.25) is 0 Å². The van der Waals surface area contributed by atoms with Gasteiger partial charge in [0.05, 0.1) is 24.2 Å². The van der Waals surface area contributed by atoms with E-state index in [1.807, 2.05) is 13.8 Å². The zero-order chi connectivity index (χ0) is 17.0. The summed E-state index contributed by atoms with van der Waals surface area (Å²) in [6.07, 6.45) is 1.86. The van der Waals surface area contributed by atoms with Gasteiger partial charge in [-0.2, -0.15) is 5.10 Å². The number of carbonyl (C=O) groups is 1. The van der Waals surface area contributed by atoms with Gasteiger partial charge >= 0.3 is 5.97 Å². The summed E-state index contributed by atoms with van der Waals surface area (Å²) >= 11 is 0. The second-order valence-corrected chi connectivity index (χ2v) is 5.88. The van der Waals surface area contributed by atoms with Crippen molar-refractivity contribution in [3.05, 3.63) is 47.5 Å². The van der Waals surface area contributed by atoms with Gasteiger partial charge < -0.3 is 9.84 Å². The standard InChI is InChI=1S/C17H21FN2O3/c1-4-23-16(22)14-11-19-20(13-7-5-6-12(18)10-13)15(14)17(2,3)8-9-21/h5-7,10-11,21H,4,8-9H2,1-3H3. The highest BCUT2D eigenvalue weighted by molar-refractivity contribution is 5.91. The minimum atomic E-state index is -0.542. The molecule has 23 heavy (non-hydrogen) atoms. The van der Waals surface area contributed by atoms with Gasteiger partial charge in [0, 0.05) is 12.0 Å². The van der Waals surface area contributed by atoms with Crippen molar-refractivity contribution in [1.82, 2.24) is 9.78 Å². The maximum atomic E-state index is 13.5. The molecule has 0 atom stereocenters. The van der Waals surface area contributed by atoms with Crippen LogP contribution in [0.15, 0.2) is 30.5 Å². The van der Waals surface area contributed by atoms with Gasteiger partial charge in [-0.3, -0.25) is 0 Å². The van der Waals surface area contributed by atoms with Crippen molar-refractivity contribution >= 4 is 5.97 Å². The number of ether oxygens (including phenoxy) is 1. The topological polar surface area (TPSA) is 64.3 Å². The number of nitrogens with zero attached hydrogens (tertiary/aromatic N) is 2. The Morgan fingerprint density at radius 1 is 1.43 bits per heavy atom. The number of hydrogen-bond acceptors (Lipinski definition) is 4. The van der Waals surface area contributed by atoms with E-state index in [1.54, 1.807) is 19.1 Å². The van der Waals surface area contributed by atoms with Gasteiger partial charge in [-0.25, -0.2) is 13.9 Å². The first kappa shape index (κ1) is 17.1. The second kappa shape index (κ2) is 6.91. The first-order valence-corrected chi connectivity index (χ1v) is 7.53. The number of hydrogen-bond donors (Lipinski definition) is 1. The van der Waals surface area contributed by atoms with Gasteiger partial charge in [0.1, 0.15) is 11.4 Å². The number of esters is 1. The van der Waals surface area contributed by atoms with Crippen molar-refractivity contribution in [3.63, 3.8) is 0 Å². The molecule has 0 saturated heterocycles. The summed E-state index contributed by atoms with van der Waals surface area (Å²) in [4.78, 5) is 12.2. The van der Waals surface area contributed by atoms with E-state index in [-0.39, 0.29) is 19.0 Å². The summed E-state index contributed by atoms with van der Waals surface area (Å²) in [6.45, 7) is 5.75. The quantitative estimate of drug-likeness (QED) is 0.831. The van der Waals surface area contributed by atoms with E-state index in [0.29, 0.717) is 23.4 Å². The highest BCUT2D eigenvalue weighted by atomic mass is 19.1. The van der Waals surface area contributed by atoms with Crippen LogP contribution < -0.4 is 0 Å². The van der Waals surface area contributed by atoms with Gasteiger partial charge in [0.25, 0.3) is 0 Å². The Hall–Kier alpha value is -2.21. The van der Waals surface area contributed by atoms with Gasteiger partial charge in [-0.1, -0.05) is 19.9 Å². The van der Waals surface area contributed by atoms with E-state index in [9.17, 15) is 14.3 Å². The van der Waals surface area contributed by atoms with Crippen molar-refractivity contribution in [3.8, 4) is 5.69 Å². The Morgan fingerprint density at radius 3 is 2.78 bits per heavy atom. The maximum Gasteiger partial charge on any atom is 0.341 e. The fraction of sp³-hybridized carbons (Fsp3) is 0.412. The smallest absolute Gasteiger partial charge is 0.341 e. The van der Waals surface area contributed by atoms with E-state index < -0.39 is 11.4 Å². The molecule has 2 aromatic rings. The zero-order valence-corrected chi connectivity index (χ0v) is 13.5. The van der Waals surface area contributed by atoms with E-state index in [4.69, 9.17) is 4.74 Å². The zero-order valence-electron chi connectivity index (χ0n) is 13.5. The summed E-state index contributed by atoms with van der Waals surface area (Å²) in [7, 11) is 0. The third-order valence-corrected chi connectivity index (χ3v) is 3.70. The van der Waals surface area contributed by atoms with E-state index in [1.165, 1.54) is 23.0 Å². The Morgan fingerprint density at radius 2 is 2.17 bits per heavy atom. The van der Waals surface area contributed by atoms with Crippen LogP contribution in [-0.4, -0.2) is 34.1 Å². The number of carbonyl (C=O) groups excluding carboxylic acids is 1. The molecule has 1 N–H and O–H groups in total. The average molecular weight is 320 g/mol. The minimum Gasteiger partial charge on any atom is -0.462 e. The summed E-state index contributed by atoms with van der Waals surface area (Å²) in [5.74, 6) is -0.863. The first-order chi connectivity index (χ1) is 10.9. The number of benzene rings is 1. The van der Waals surface area contributed by atoms with Crippen LogP contribution in [0.1, 0.15) is 43.2 Å². The minimum absolute atomic E-state index is 0.0381. The molecule has 0 unspecified atom stereocenters. The number of aromatic nitrogens is 2. The molecule has 0 fully saturated rings. The maximum absolute atomic E-state index is 13.5. The van der Waals surface area contributed by atoms with Crippen molar-refractivity contribution in [2.24, 2.45) is 0 Å². The Bertz CT molecular complexity index is 695. The lowest BCUT2D eigenvalue weighted by Crippen LogP contribution is -2.26. The number of aliphatic hydroxyl groups excluding tert-OH is 1. The van der Waals surface area contributed by atoms with Crippen LogP contribution in [0.5, 0.6) is 0 Å². The van der Waals surface area contributed by atoms with Gasteiger partial charge in [0.2, 0.25) is 0 Å².